The standard InChI is InChI=1S/C16H18N4O3/c1-23-16(22)12(10-5-3-2-4-6-10)9-17-15(21)14-13(11-7-8-11)18-20-19-14/h2-6,11-12H,7-9H2,1H3,(H,17,21)(H,18,19,20). The summed E-state index contributed by atoms with van der Waals surface area (Å²) in [5.74, 6) is -0.953. The predicted molar refractivity (Wildman–Crippen MR) is 81.9 cm³/mol. The van der Waals surface area contributed by atoms with E-state index in [9.17, 15) is 9.59 Å². The molecule has 0 spiro atoms. The highest BCUT2D eigenvalue weighted by Crippen LogP contribution is 2.39. The molecular weight excluding hydrogens is 296 g/mol. The van der Waals surface area contributed by atoms with Gasteiger partial charge in [-0.15, -0.1) is 0 Å². The Kier molecular flexibility index (Phi) is 4.36. The van der Waals surface area contributed by atoms with Crippen LogP contribution < -0.4 is 5.32 Å². The van der Waals surface area contributed by atoms with E-state index < -0.39 is 5.92 Å². The summed E-state index contributed by atoms with van der Waals surface area (Å²) in [6, 6.07) is 9.22. The molecule has 1 aromatic heterocycles. The Morgan fingerprint density at radius 2 is 2.04 bits per heavy atom. The molecule has 7 heteroatoms. The summed E-state index contributed by atoms with van der Waals surface area (Å²) in [5, 5.41) is 13.2. The van der Waals surface area contributed by atoms with Crippen LogP contribution in [0.25, 0.3) is 0 Å². The Bertz CT molecular complexity index is 694. The number of nitrogens with zero attached hydrogens (tertiary/aromatic N) is 2. The van der Waals surface area contributed by atoms with E-state index >= 15 is 0 Å². The van der Waals surface area contributed by atoms with Crippen molar-refractivity contribution in [2.45, 2.75) is 24.7 Å². The molecule has 1 unspecified atom stereocenters. The van der Waals surface area contributed by atoms with Gasteiger partial charge >= 0.3 is 5.97 Å². The minimum atomic E-state index is -0.554. The zero-order valence-corrected chi connectivity index (χ0v) is 12.8. The average molecular weight is 314 g/mol. The number of hydrogen-bond donors (Lipinski definition) is 2. The first-order valence-electron chi connectivity index (χ1n) is 7.52. The van der Waals surface area contributed by atoms with Gasteiger partial charge in [0.05, 0.1) is 18.7 Å². The van der Waals surface area contributed by atoms with Gasteiger partial charge in [0.2, 0.25) is 0 Å². The van der Waals surface area contributed by atoms with E-state index in [4.69, 9.17) is 4.74 Å². The molecule has 1 amide bonds. The highest BCUT2D eigenvalue weighted by Gasteiger charge is 2.32. The van der Waals surface area contributed by atoms with Crippen LogP contribution in [0.15, 0.2) is 30.3 Å². The lowest BCUT2D eigenvalue weighted by molar-refractivity contribution is -0.142. The normalized spacial score (nSPS) is 15.0. The molecule has 2 N–H and O–H groups in total. The Hall–Kier alpha value is -2.70. The summed E-state index contributed by atoms with van der Waals surface area (Å²) < 4.78 is 4.84. The number of aromatic amines is 1. The van der Waals surface area contributed by atoms with Crippen LogP contribution in [-0.4, -0.2) is 40.9 Å². The van der Waals surface area contributed by atoms with Gasteiger partial charge in [-0.25, -0.2) is 0 Å². The van der Waals surface area contributed by atoms with E-state index in [-0.39, 0.29) is 18.4 Å². The fourth-order valence-electron chi connectivity index (χ4n) is 2.49. The van der Waals surface area contributed by atoms with E-state index in [1.165, 1.54) is 7.11 Å². The molecule has 0 saturated heterocycles. The van der Waals surface area contributed by atoms with E-state index in [0.29, 0.717) is 17.3 Å². The average Bonchev–Trinajstić information content (AvgIpc) is 3.32. The zero-order chi connectivity index (χ0) is 16.2. The summed E-state index contributed by atoms with van der Waals surface area (Å²) in [7, 11) is 1.34. The second kappa shape index (κ2) is 6.60. The van der Waals surface area contributed by atoms with Crippen molar-refractivity contribution in [1.29, 1.82) is 0 Å². The lowest BCUT2D eigenvalue weighted by atomic mass is 9.99. The van der Waals surface area contributed by atoms with Crippen LogP contribution in [0.1, 0.15) is 46.4 Å². The minimum Gasteiger partial charge on any atom is -0.468 e. The van der Waals surface area contributed by atoms with Crippen molar-refractivity contribution in [1.82, 2.24) is 20.7 Å². The number of H-pyrrole nitrogens is 1. The molecule has 1 atom stereocenters. The van der Waals surface area contributed by atoms with Gasteiger partial charge in [-0.2, -0.15) is 15.4 Å². The van der Waals surface area contributed by atoms with Crippen molar-refractivity contribution in [2.75, 3.05) is 13.7 Å². The number of aromatic nitrogens is 3. The maximum atomic E-state index is 12.3. The lowest BCUT2D eigenvalue weighted by Gasteiger charge is -2.15. The molecule has 7 nitrogen and oxygen atoms in total. The summed E-state index contributed by atoms with van der Waals surface area (Å²) in [5.41, 5.74) is 1.81. The number of hydrogen-bond acceptors (Lipinski definition) is 5. The smallest absolute Gasteiger partial charge is 0.314 e. The van der Waals surface area contributed by atoms with E-state index in [0.717, 1.165) is 18.4 Å². The third kappa shape index (κ3) is 3.39. The number of rotatable bonds is 6. The first kappa shape index (κ1) is 15.2. The molecule has 0 radical (unpaired) electrons. The number of amides is 1. The van der Waals surface area contributed by atoms with Gasteiger partial charge in [-0.3, -0.25) is 9.59 Å². The Balaban J connectivity index is 1.70. The monoisotopic (exact) mass is 314 g/mol. The number of benzene rings is 1. The van der Waals surface area contributed by atoms with Crippen molar-refractivity contribution in [3.05, 3.63) is 47.3 Å². The first-order chi connectivity index (χ1) is 11.2. The molecule has 0 aliphatic heterocycles. The summed E-state index contributed by atoms with van der Waals surface area (Å²) in [6.45, 7) is 0.145. The molecule has 1 aliphatic rings. The van der Waals surface area contributed by atoms with Gasteiger partial charge in [-0.1, -0.05) is 30.3 Å². The van der Waals surface area contributed by atoms with Crippen molar-refractivity contribution >= 4 is 11.9 Å². The quantitative estimate of drug-likeness (QED) is 0.785. The number of methoxy groups -OCH3 is 1. The molecule has 1 saturated carbocycles. The number of nitrogens with one attached hydrogen (secondary N) is 2. The molecule has 3 rings (SSSR count). The van der Waals surface area contributed by atoms with Gasteiger partial charge in [0.1, 0.15) is 0 Å². The Labute approximate surface area is 133 Å². The van der Waals surface area contributed by atoms with Crippen molar-refractivity contribution in [3.8, 4) is 0 Å². The van der Waals surface area contributed by atoms with Gasteiger partial charge < -0.3 is 10.1 Å². The van der Waals surface area contributed by atoms with E-state index in [1.54, 1.807) is 0 Å². The molecule has 0 bridgehead atoms. The summed E-state index contributed by atoms with van der Waals surface area (Å²) >= 11 is 0. The maximum absolute atomic E-state index is 12.3. The zero-order valence-electron chi connectivity index (χ0n) is 12.8. The Morgan fingerprint density at radius 1 is 1.30 bits per heavy atom. The highest BCUT2D eigenvalue weighted by molar-refractivity contribution is 5.94. The number of carbonyl (C=O) groups excluding carboxylic acids is 2. The van der Waals surface area contributed by atoms with Gasteiger partial charge in [0, 0.05) is 12.5 Å². The number of ether oxygens (including phenoxy) is 1. The first-order valence-corrected chi connectivity index (χ1v) is 7.52. The van der Waals surface area contributed by atoms with Crippen molar-refractivity contribution in [3.63, 3.8) is 0 Å². The maximum Gasteiger partial charge on any atom is 0.314 e. The number of carbonyl (C=O) groups is 2. The topological polar surface area (TPSA) is 97.0 Å². The lowest BCUT2D eigenvalue weighted by Crippen LogP contribution is -2.33. The molecule has 1 heterocycles. The second-order valence-electron chi connectivity index (χ2n) is 5.53. The van der Waals surface area contributed by atoms with Crippen LogP contribution in [0.3, 0.4) is 0 Å². The summed E-state index contributed by atoms with van der Waals surface area (Å²) in [4.78, 5) is 24.3. The minimum absolute atomic E-state index is 0.145. The van der Waals surface area contributed by atoms with Crippen LogP contribution in [0, 0.1) is 0 Å². The van der Waals surface area contributed by atoms with Crippen LogP contribution >= 0.6 is 0 Å². The molecule has 2 aromatic rings. The largest absolute Gasteiger partial charge is 0.468 e. The predicted octanol–water partition coefficient (Wildman–Crippen LogP) is 1.37. The fraction of sp³-hybridized carbons (Fsp3) is 0.375. The van der Waals surface area contributed by atoms with Gasteiger partial charge in [0.15, 0.2) is 5.69 Å². The molecule has 120 valence electrons. The molecule has 1 fully saturated rings. The highest BCUT2D eigenvalue weighted by atomic mass is 16.5. The Morgan fingerprint density at radius 3 is 2.70 bits per heavy atom. The molecule has 1 aliphatic carbocycles. The van der Waals surface area contributed by atoms with Gasteiger partial charge in [-0.05, 0) is 18.4 Å². The SMILES string of the molecule is COC(=O)C(CNC(=O)c1n[nH]nc1C1CC1)c1ccccc1. The fourth-order valence-corrected chi connectivity index (χ4v) is 2.49. The summed E-state index contributed by atoms with van der Waals surface area (Å²) in [6.07, 6.45) is 2.06. The van der Waals surface area contributed by atoms with Crippen LogP contribution in [-0.2, 0) is 9.53 Å². The van der Waals surface area contributed by atoms with Crippen LogP contribution in [0.4, 0.5) is 0 Å². The molecule has 1 aromatic carbocycles. The third-order valence-electron chi connectivity index (χ3n) is 3.91. The van der Waals surface area contributed by atoms with Crippen LogP contribution in [0.2, 0.25) is 0 Å². The van der Waals surface area contributed by atoms with Crippen molar-refractivity contribution < 1.29 is 14.3 Å². The third-order valence-corrected chi connectivity index (χ3v) is 3.91. The second-order valence-corrected chi connectivity index (χ2v) is 5.53. The van der Waals surface area contributed by atoms with E-state index in [1.807, 2.05) is 30.3 Å². The van der Waals surface area contributed by atoms with Gasteiger partial charge in [0.25, 0.3) is 5.91 Å². The van der Waals surface area contributed by atoms with Crippen LogP contribution in [0.5, 0.6) is 0 Å². The number of esters is 1. The molecule has 23 heavy (non-hydrogen) atoms. The van der Waals surface area contributed by atoms with Crippen molar-refractivity contribution in [2.24, 2.45) is 0 Å². The molecular formula is C16H18N4O3. The van der Waals surface area contributed by atoms with E-state index in [2.05, 4.69) is 20.7 Å².